The molecular weight excluding hydrogens is 285 g/mol. The molecule has 0 amide bonds. The van der Waals surface area contributed by atoms with Crippen LogP contribution in [0.1, 0.15) is 16.5 Å². The van der Waals surface area contributed by atoms with Crippen LogP contribution in [0, 0.1) is 5.82 Å². The molecule has 3 aromatic rings. The normalized spacial score (nSPS) is 12.5. The Morgan fingerprint density at radius 2 is 2.00 bits per heavy atom. The average molecular weight is 301 g/mol. The van der Waals surface area contributed by atoms with Crippen molar-refractivity contribution in [1.82, 2.24) is 5.32 Å². The van der Waals surface area contributed by atoms with Gasteiger partial charge in [-0.25, -0.2) is 4.39 Å². The van der Waals surface area contributed by atoms with Gasteiger partial charge in [-0.1, -0.05) is 18.2 Å². The number of ether oxygens (including phenoxy) is 1. The molecule has 1 heterocycles. The highest BCUT2D eigenvalue weighted by Crippen LogP contribution is 2.34. The quantitative estimate of drug-likeness (QED) is 0.773. The number of hydrogen-bond donors (Lipinski definition) is 1. The number of benzene rings is 2. The minimum Gasteiger partial charge on any atom is -0.497 e. The smallest absolute Gasteiger partial charge is 0.124 e. The van der Waals surface area contributed by atoms with Crippen LogP contribution in [0.2, 0.25) is 0 Å². The summed E-state index contributed by atoms with van der Waals surface area (Å²) in [6, 6.07) is 15.1. The zero-order chi connectivity index (χ0) is 14.8. The van der Waals surface area contributed by atoms with E-state index in [4.69, 9.17) is 4.74 Å². The summed E-state index contributed by atoms with van der Waals surface area (Å²) in [4.78, 5) is 1.16. The van der Waals surface area contributed by atoms with Gasteiger partial charge in [0.05, 0.1) is 13.2 Å². The van der Waals surface area contributed by atoms with Crippen LogP contribution in [0.3, 0.4) is 0 Å². The van der Waals surface area contributed by atoms with Crippen LogP contribution in [-0.2, 0) is 0 Å². The molecule has 0 aliphatic heterocycles. The molecule has 0 fully saturated rings. The lowest BCUT2D eigenvalue weighted by molar-refractivity contribution is 0.414. The molecule has 4 heteroatoms. The van der Waals surface area contributed by atoms with Crippen molar-refractivity contribution in [2.45, 2.75) is 6.04 Å². The molecule has 108 valence electrons. The first-order valence-electron chi connectivity index (χ1n) is 6.71. The summed E-state index contributed by atoms with van der Waals surface area (Å²) in [5.41, 5.74) is 1.13. The monoisotopic (exact) mass is 301 g/mol. The molecule has 2 nitrogen and oxygen atoms in total. The Labute approximate surface area is 127 Å². The Morgan fingerprint density at radius 3 is 2.76 bits per heavy atom. The lowest BCUT2D eigenvalue weighted by Crippen LogP contribution is -2.16. The largest absolute Gasteiger partial charge is 0.497 e. The molecule has 1 atom stereocenters. The molecule has 2 aromatic carbocycles. The topological polar surface area (TPSA) is 21.3 Å². The third-order valence-corrected chi connectivity index (χ3v) is 4.66. The molecular formula is C17H16FNOS. The molecule has 21 heavy (non-hydrogen) atoms. The lowest BCUT2D eigenvalue weighted by Gasteiger charge is -2.15. The van der Waals surface area contributed by atoms with Gasteiger partial charge in [0.1, 0.15) is 11.6 Å². The van der Waals surface area contributed by atoms with Crippen LogP contribution in [0.4, 0.5) is 4.39 Å². The molecule has 0 aliphatic rings. The Bertz CT molecular complexity index is 768. The Morgan fingerprint density at radius 1 is 1.14 bits per heavy atom. The maximum atomic E-state index is 13.3. The van der Waals surface area contributed by atoms with Crippen molar-refractivity contribution < 1.29 is 9.13 Å². The molecule has 1 N–H and O–H groups in total. The highest BCUT2D eigenvalue weighted by Gasteiger charge is 2.15. The van der Waals surface area contributed by atoms with E-state index in [2.05, 4.69) is 17.4 Å². The third-order valence-electron chi connectivity index (χ3n) is 3.50. The summed E-state index contributed by atoms with van der Waals surface area (Å²) >= 11 is 1.61. The van der Waals surface area contributed by atoms with Crippen LogP contribution in [-0.4, -0.2) is 14.2 Å². The van der Waals surface area contributed by atoms with Gasteiger partial charge < -0.3 is 10.1 Å². The lowest BCUT2D eigenvalue weighted by atomic mass is 10.0. The molecule has 1 aromatic heterocycles. The van der Waals surface area contributed by atoms with Crippen LogP contribution in [0.15, 0.2) is 48.5 Å². The van der Waals surface area contributed by atoms with Crippen molar-refractivity contribution in [3.63, 3.8) is 0 Å². The first-order chi connectivity index (χ1) is 10.2. The van der Waals surface area contributed by atoms with Gasteiger partial charge >= 0.3 is 0 Å². The SMILES string of the molecule is CNC(c1cccc(OC)c1)c1cc2ccc(F)cc2s1. The van der Waals surface area contributed by atoms with E-state index in [0.717, 1.165) is 26.3 Å². The van der Waals surface area contributed by atoms with Gasteiger partial charge in [0.2, 0.25) is 0 Å². The predicted molar refractivity (Wildman–Crippen MR) is 85.7 cm³/mol. The minimum absolute atomic E-state index is 0.0700. The zero-order valence-electron chi connectivity index (χ0n) is 11.9. The fraction of sp³-hybridized carbons (Fsp3) is 0.176. The fourth-order valence-electron chi connectivity index (χ4n) is 2.46. The maximum Gasteiger partial charge on any atom is 0.124 e. The maximum absolute atomic E-state index is 13.3. The van der Waals surface area contributed by atoms with Crippen molar-refractivity contribution in [1.29, 1.82) is 0 Å². The van der Waals surface area contributed by atoms with Crippen molar-refractivity contribution in [2.75, 3.05) is 14.2 Å². The molecule has 3 rings (SSSR count). The van der Waals surface area contributed by atoms with Crippen molar-refractivity contribution in [2.24, 2.45) is 0 Å². The minimum atomic E-state index is -0.196. The summed E-state index contributed by atoms with van der Waals surface area (Å²) in [5.74, 6) is 0.637. The zero-order valence-corrected chi connectivity index (χ0v) is 12.7. The molecule has 0 radical (unpaired) electrons. The Hall–Kier alpha value is -1.91. The van der Waals surface area contributed by atoms with E-state index in [1.165, 1.54) is 6.07 Å². The second-order valence-corrected chi connectivity index (χ2v) is 5.94. The highest BCUT2D eigenvalue weighted by molar-refractivity contribution is 7.19. The second kappa shape index (κ2) is 5.84. The van der Waals surface area contributed by atoms with Gasteiger partial charge in [0.25, 0.3) is 0 Å². The Kier molecular flexibility index (Phi) is 3.90. The van der Waals surface area contributed by atoms with Crippen LogP contribution >= 0.6 is 11.3 Å². The fourth-order valence-corrected chi connectivity index (χ4v) is 3.69. The standard InChI is InChI=1S/C17H16FNOS/c1-19-17(12-4-3-5-14(8-12)20-2)16-9-11-6-7-13(18)10-15(11)21-16/h3-10,17,19H,1-2H3. The van der Waals surface area contributed by atoms with Gasteiger partial charge in [-0.05, 0) is 48.3 Å². The van der Waals surface area contributed by atoms with Gasteiger partial charge in [0, 0.05) is 9.58 Å². The molecule has 0 saturated heterocycles. The molecule has 0 spiro atoms. The Balaban J connectivity index is 2.04. The summed E-state index contributed by atoms with van der Waals surface area (Å²) in [5, 5.41) is 4.39. The van der Waals surface area contributed by atoms with Crippen LogP contribution < -0.4 is 10.1 Å². The van der Waals surface area contributed by atoms with Gasteiger partial charge in [0.15, 0.2) is 0 Å². The van der Waals surface area contributed by atoms with E-state index in [0.29, 0.717) is 0 Å². The molecule has 0 saturated carbocycles. The number of hydrogen-bond acceptors (Lipinski definition) is 3. The van der Waals surface area contributed by atoms with E-state index >= 15 is 0 Å². The molecule has 0 bridgehead atoms. The van der Waals surface area contributed by atoms with E-state index < -0.39 is 0 Å². The summed E-state index contributed by atoms with van der Waals surface area (Å²) in [6.45, 7) is 0. The first kappa shape index (κ1) is 14.0. The number of nitrogens with one attached hydrogen (secondary N) is 1. The number of rotatable bonds is 4. The van der Waals surface area contributed by atoms with Crippen LogP contribution in [0.25, 0.3) is 10.1 Å². The van der Waals surface area contributed by atoms with Crippen LogP contribution in [0.5, 0.6) is 5.75 Å². The summed E-state index contributed by atoms with van der Waals surface area (Å²) in [7, 11) is 3.59. The van der Waals surface area contributed by atoms with E-state index in [1.807, 2.05) is 31.3 Å². The van der Waals surface area contributed by atoms with E-state index in [9.17, 15) is 4.39 Å². The van der Waals surface area contributed by atoms with E-state index in [-0.39, 0.29) is 11.9 Å². The number of thiophene rings is 1. The number of methoxy groups -OCH3 is 1. The van der Waals surface area contributed by atoms with Gasteiger partial charge in [-0.2, -0.15) is 0 Å². The summed E-state index contributed by atoms with van der Waals surface area (Å²) < 4.78 is 19.6. The average Bonchev–Trinajstić information content (AvgIpc) is 2.91. The number of fused-ring (bicyclic) bond motifs is 1. The molecule has 1 unspecified atom stereocenters. The third kappa shape index (κ3) is 2.77. The van der Waals surface area contributed by atoms with Gasteiger partial charge in [-0.15, -0.1) is 11.3 Å². The highest BCUT2D eigenvalue weighted by atomic mass is 32.1. The number of halogens is 1. The molecule has 0 aliphatic carbocycles. The first-order valence-corrected chi connectivity index (χ1v) is 7.53. The van der Waals surface area contributed by atoms with Gasteiger partial charge in [-0.3, -0.25) is 0 Å². The van der Waals surface area contributed by atoms with Crippen molar-refractivity contribution in [3.05, 3.63) is 64.8 Å². The van der Waals surface area contributed by atoms with Crippen molar-refractivity contribution in [3.8, 4) is 5.75 Å². The van der Waals surface area contributed by atoms with Crippen molar-refractivity contribution >= 4 is 21.4 Å². The second-order valence-electron chi connectivity index (χ2n) is 4.83. The summed E-state index contributed by atoms with van der Waals surface area (Å²) in [6.07, 6.45) is 0. The van der Waals surface area contributed by atoms with E-state index in [1.54, 1.807) is 24.5 Å². The predicted octanol–water partition coefficient (Wildman–Crippen LogP) is 4.36.